The van der Waals surface area contributed by atoms with Crippen LogP contribution in [0.25, 0.3) is 11.8 Å². The molecule has 0 fully saturated rings. The van der Waals surface area contributed by atoms with Crippen LogP contribution < -0.4 is 5.73 Å². The molecule has 0 bridgehead atoms. The van der Waals surface area contributed by atoms with Crippen molar-refractivity contribution in [2.75, 3.05) is 12.8 Å². The molecule has 0 radical (unpaired) electrons. The average molecular weight is 268 g/mol. The van der Waals surface area contributed by atoms with Gasteiger partial charge in [-0.25, -0.2) is 9.48 Å². The summed E-state index contributed by atoms with van der Waals surface area (Å²) in [5, 5.41) is 12.9. The van der Waals surface area contributed by atoms with Crippen molar-refractivity contribution in [3.8, 4) is 11.8 Å². The standard InChI is InChI=1S/C14H12N4O2/c1-20-13(19)7-4-10-2-5-12(6-3-10)18-14(16)11(8-15)9-17-18/h2-7,9H,16H2,1H3. The Labute approximate surface area is 115 Å². The molecule has 0 saturated heterocycles. The monoisotopic (exact) mass is 268 g/mol. The number of ether oxygens (including phenoxy) is 1. The molecule has 0 aliphatic rings. The van der Waals surface area contributed by atoms with E-state index in [9.17, 15) is 4.79 Å². The summed E-state index contributed by atoms with van der Waals surface area (Å²) in [4.78, 5) is 11.0. The van der Waals surface area contributed by atoms with Crippen LogP contribution in [-0.4, -0.2) is 22.9 Å². The molecule has 1 heterocycles. The number of aromatic nitrogens is 2. The number of nitrogens with zero attached hydrogens (tertiary/aromatic N) is 3. The van der Waals surface area contributed by atoms with E-state index >= 15 is 0 Å². The Hall–Kier alpha value is -3.07. The Morgan fingerprint density at radius 2 is 2.15 bits per heavy atom. The molecule has 20 heavy (non-hydrogen) atoms. The highest BCUT2D eigenvalue weighted by molar-refractivity contribution is 5.86. The maximum Gasteiger partial charge on any atom is 0.330 e. The number of hydrogen-bond donors (Lipinski definition) is 1. The Bertz CT molecular complexity index is 693. The zero-order valence-corrected chi connectivity index (χ0v) is 10.8. The minimum Gasteiger partial charge on any atom is -0.466 e. The molecule has 0 saturated carbocycles. The summed E-state index contributed by atoms with van der Waals surface area (Å²) in [5.74, 6) is -0.116. The van der Waals surface area contributed by atoms with Gasteiger partial charge in [-0.2, -0.15) is 10.4 Å². The van der Waals surface area contributed by atoms with Crippen molar-refractivity contribution in [1.82, 2.24) is 9.78 Å². The third-order valence-electron chi connectivity index (χ3n) is 2.68. The minimum absolute atomic E-state index is 0.297. The number of benzene rings is 1. The highest BCUT2D eigenvalue weighted by atomic mass is 16.5. The average Bonchev–Trinajstić information content (AvgIpc) is 2.86. The van der Waals surface area contributed by atoms with Crippen LogP contribution in [0.4, 0.5) is 5.82 Å². The fraction of sp³-hybridized carbons (Fsp3) is 0.0714. The second-order valence-corrected chi connectivity index (χ2v) is 3.92. The second kappa shape index (κ2) is 5.71. The summed E-state index contributed by atoms with van der Waals surface area (Å²) in [6, 6.07) is 9.17. The van der Waals surface area contributed by atoms with Crippen LogP contribution in [0.1, 0.15) is 11.1 Å². The molecule has 0 atom stereocenters. The third kappa shape index (κ3) is 2.67. The molecule has 1 aromatic heterocycles. The number of esters is 1. The van der Waals surface area contributed by atoms with E-state index < -0.39 is 5.97 Å². The van der Waals surface area contributed by atoms with Crippen LogP contribution in [0.3, 0.4) is 0 Å². The van der Waals surface area contributed by atoms with Gasteiger partial charge in [0.1, 0.15) is 17.5 Å². The molecule has 0 spiro atoms. The van der Waals surface area contributed by atoms with E-state index in [1.807, 2.05) is 18.2 Å². The summed E-state index contributed by atoms with van der Waals surface area (Å²) < 4.78 is 5.99. The number of carbonyl (C=O) groups excluding carboxylic acids is 1. The predicted octanol–water partition coefficient (Wildman–Crippen LogP) is 1.51. The summed E-state index contributed by atoms with van der Waals surface area (Å²) >= 11 is 0. The lowest BCUT2D eigenvalue weighted by Gasteiger charge is -2.04. The van der Waals surface area contributed by atoms with Gasteiger partial charge < -0.3 is 10.5 Å². The summed E-state index contributed by atoms with van der Waals surface area (Å²) in [6.07, 6.45) is 4.40. The zero-order chi connectivity index (χ0) is 14.5. The van der Waals surface area contributed by atoms with Gasteiger partial charge in [0, 0.05) is 6.08 Å². The van der Waals surface area contributed by atoms with E-state index in [0.717, 1.165) is 11.3 Å². The summed E-state index contributed by atoms with van der Waals surface area (Å²) in [6.45, 7) is 0. The number of carbonyl (C=O) groups is 1. The van der Waals surface area contributed by atoms with Crippen LogP contribution in [-0.2, 0) is 9.53 Å². The zero-order valence-electron chi connectivity index (χ0n) is 10.8. The Kier molecular flexibility index (Phi) is 3.82. The first kappa shape index (κ1) is 13.4. The van der Waals surface area contributed by atoms with E-state index in [0.29, 0.717) is 11.4 Å². The molecule has 6 nitrogen and oxygen atoms in total. The second-order valence-electron chi connectivity index (χ2n) is 3.92. The van der Waals surface area contributed by atoms with Gasteiger partial charge in [-0.15, -0.1) is 0 Å². The van der Waals surface area contributed by atoms with Crippen LogP contribution in [0, 0.1) is 11.3 Å². The van der Waals surface area contributed by atoms with Gasteiger partial charge in [0.2, 0.25) is 0 Å². The fourth-order valence-corrected chi connectivity index (χ4v) is 1.61. The van der Waals surface area contributed by atoms with Crippen molar-refractivity contribution < 1.29 is 9.53 Å². The normalized spacial score (nSPS) is 10.4. The molecule has 0 amide bonds. The fourth-order valence-electron chi connectivity index (χ4n) is 1.61. The molecular weight excluding hydrogens is 256 g/mol. The van der Waals surface area contributed by atoms with Crippen molar-refractivity contribution in [2.45, 2.75) is 0 Å². The number of nitrogens with two attached hydrogens (primary N) is 1. The Morgan fingerprint density at radius 1 is 1.45 bits per heavy atom. The third-order valence-corrected chi connectivity index (χ3v) is 2.68. The molecule has 6 heteroatoms. The van der Waals surface area contributed by atoms with Crippen LogP contribution >= 0.6 is 0 Å². The van der Waals surface area contributed by atoms with Crippen LogP contribution in [0.15, 0.2) is 36.5 Å². The van der Waals surface area contributed by atoms with Gasteiger partial charge in [0.15, 0.2) is 0 Å². The Balaban J connectivity index is 2.24. The molecule has 0 unspecified atom stereocenters. The lowest BCUT2D eigenvalue weighted by atomic mass is 10.2. The van der Waals surface area contributed by atoms with Crippen molar-refractivity contribution >= 4 is 17.9 Å². The molecule has 2 aromatic rings. The quantitative estimate of drug-likeness (QED) is 0.672. The maximum absolute atomic E-state index is 11.0. The predicted molar refractivity (Wildman–Crippen MR) is 73.7 cm³/mol. The highest BCUT2D eigenvalue weighted by Crippen LogP contribution is 2.17. The number of rotatable bonds is 3. The van der Waals surface area contributed by atoms with E-state index in [1.165, 1.54) is 24.1 Å². The first-order chi connectivity index (χ1) is 9.65. The van der Waals surface area contributed by atoms with Gasteiger partial charge in [-0.1, -0.05) is 12.1 Å². The number of nitriles is 1. The lowest BCUT2D eigenvalue weighted by Crippen LogP contribution is -2.02. The van der Waals surface area contributed by atoms with Crippen molar-refractivity contribution in [3.05, 3.63) is 47.7 Å². The smallest absolute Gasteiger partial charge is 0.330 e. The number of hydrogen-bond acceptors (Lipinski definition) is 5. The minimum atomic E-state index is -0.413. The molecule has 0 aliphatic heterocycles. The van der Waals surface area contributed by atoms with E-state index in [1.54, 1.807) is 18.2 Å². The van der Waals surface area contributed by atoms with Crippen molar-refractivity contribution in [1.29, 1.82) is 5.26 Å². The number of nitrogen functional groups attached to an aromatic ring is 1. The van der Waals surface area contributed by atoms with Gasteiger partial charge in [-0.05, 0) is 23.8 Å². The topological polar surface area (TPSA) is 93.9 Å². The molecule has 0 aliphatic carbocycles. The van der Waals surface area contributed by atoms with Crippen LogP contribution in [0.5, 0.6) is 0 Å². The van der Waals surface area contributed by atoms with E-state index in [-0.39, 0.29) is 0 Å². The lowest BCUT2D eigenvalue weighted by molar-refractivity contribution is -0.134. The molecule has 1 aromatic carbocycles. The van der Waals surface area contributed by atoms with E-state index in [2.05, 4.69) is 9.84 Å². The van der Waals surface area contributed by atoms with Crippen LogP contribution in [0.2, 0.25) is 0 Å². The Morgan fingerprint density at radius 3 is 2.70 bits per heavy atom. The molecule has 2 rings (SSSR count). The first-order valence-corrected chi connectivity index (χ1v) is 5.75. The largest absolute Gasteiger partial charge is 0.466 e. The number of methoxy groups -OCH3 is 1. The molecular formula is C14H12N4O2. The first-order valence-electron chi connectivity index (χ1n) is 5.75. The maximum atomic E-state index is 11.0. The summed E-state index contributed by atoms with van der Waals surface area (Å²) in [7, 11) is 1.32. The molecule has 2 N–H and O–H groups in total. The van der Waals surface area contributed by atoms with E-state index in [4.69, 9.17) is 11.0 Å². The van der Waals surface area contributed by atoms with Crippen molar-refractivity contribution in [2.24, 2.45) is 0 Å². The highest BCUT2D eigenvalue weighted by Gasteiger charge is 2.07. The number of anilines is 1. The van der Waals surface area contributed by atoms with Gasteiger partial charge in [0.05, 0.1) is 19.0 Å². The van der Waals surface area contributed by atoms with Gasteiger partial charge in [0.25, 0.3) is 0 Å². The van der Waals surface area contributed by atoms with Crippen molar-refractivity contribution in [3.63, 3.8) is 0 Å². The SMILES string of the molecule is COC(=O)C=Cc1ccc(-n2ncc(C#N)c2N)cc1. The summed E-state index contributed by atoms with van der Waals surface area (Å²) in [5.41, 5.74) is 7.71. The molecule has 100 valence electrons. The van der Waals surface area contributed by atoms with Gasteiger partial charge in [-0.3, -0.25) is 0 Å². The van der Waals surface area contributed by atoms with Gasteiger partial charge >= 0.3 is 5.97 Å².